The Bertz CT molecular complexity index is 347. The molecular weight excluding hydrogens is 272 g/mol. The Morgan fingerprint density at radius 3 is 2.75 bits per heavy atom. The van der Waals surface area contributed by atoms with Crippen LogP contribution in [0.5, 0.6) is 5.75 Å². The predicted molar refractivity (Wildman–Crippen MR) is 67.3 cm³/mol. The molecule has 2 unspecified atom stereocenters. The minimum atomic E-state index is -0.768. The Hall–Kier alpha value is -0.620. The van der Waals surface area contributed by atoms with Gasteiger partial charge < -0.3 is 21.3 Å². The normalized spacial score (nSPS) is 14.6. The van der Waals surface area contributed by atoms with Crippen molar-refractivity contribution < 1.29 is 9.84 Å². The molecule has 0 aliphatic rings. The number of hydrogen-bond acceptors (Lipinski definition) is 4. The standard InChI is InChI=1S/C11H17BrN2O2/c1-16-10-3-2-7(12)6-8(10)11(15)9(14)4-5-13/h2-3,6,9,11,15H,4-5,13-14H2,1H3. The average molecular weight is 289 g/mol. The van der Waals surface area contributed by atoms with E-state index in [9.17, 15) is 5.11 Å². The molecule has 0 fully saturated rings. The first-order chi connectivity index (χ1) is 7.60. The number of nitrogens with two attached hydrogens (primary N) is 2. The van der Waals surface area contributed by atoms with Gasteiger partial charge in [-0.05, 0) is 31.2 Å². The van der Waals surface area contributed by atoms with Gasteiger partial charge in [0.25, 0.3) is 0 Å². The number of aliphatic hydroxyl groups excluding tert-OH is 1. The van der Waals surface area contributed by atoms with Crippen LogP contribution >= 0.6 is 15.9 Å². The third-order valence-corrected chi connectivity index (χ3v) is 2.91. The van der Waals surface area contributed by atoms with Gasteiger partial charge in [0, 0.05) is 16.1 Å². The largest absolute Gasteiger partial charge is 0.496 e. The second-order valence-corrected chi connectivity index (χ2v) is 4.49. The maximum Gasteiger partial charge on any atom is 0.124 e. The fourth-order valence-corrected chi connectivity index (χ4v) is 1.90. The Balaban J connectivity index is 2.96. The summed E-state index contributed by atoms with van der Waals surface area (Å²) < 4.78 is 6.06. The molecule has 5 heteroatoms. The fourth-order valence-electron chi connectivity index (χ4n) is 1.52. The van der Waals surface area contributed by atoms with Crippen molar-refractivity contribution in [1.29, 1.82) is 0 Å². The molecule has 1 aromatic carbocycles. The van der Waals surface area contributed by atoms with Gasteiger partial charge in [0.2, 0.25) is 0 Å². The molecule has 0 saturated heterocycles. The van der Waals surface area contributed by atoms with E-state index in [4.69, 9.17) is 16.2 Å². The first-order valence-electron chi connectivity index (χ1n) is 5.07. The van der Waals surface area contributed by atoms with Gasteiger partial charge in [-0.25, -0.2) is 0 Å². The van der Waals surface area contributed by atoms with Crippen LogP contribution in [0.2, 0.25) is 0 Å². The lowest BCUT2D eigenvalue weighted by molar-refractivity contribution is 0.139. The van der Waals surface area contributed by atoms with Gasteiger partial charge in [0.05, 0.1) is 13.2 Å². The lowest BCUT2D eigenvalue weighted by atomic mass is 10.00. The van der Waals surface area contributed by atoms with E-state index in [2.05, 4.69) is 15.9 Å². The van der Waals surface area contributed by atoms with Crippen molar-refractivity contribution in [2.75, 3.05) is 13.7 Å². The molecule has 0 spiro atoms. The summed E-state index contributed by atoms with van der Waals surface area (Å²) in [5, 5.41) is 10.1. The first kappa shape index (κ1) is 13.4. The van der Waals surface area contributed by atoms with Crippen LogP contribution in [-0.4, -0.2) is 24.8 Å². The Morgan fingerprint density at radius 2 is 2.19 bits per heavy atom. The molecule has 0 amide bonds. The molecule has 4 nitrogen and oxygen atoms in total. The molecule has 0 bridgehead atoms. The lowest BCUT2D eigenvalue weighted by Gasteiger charge is -2.20. The molecule has 90 valence electrons. The number of rotatable bonds is 5. The molecule has 0 saturated carbocycles. The van der Waals surface area contributed by atoms with Gasteiger partial charge >= 0.3 is 0 Å². The summed E-state index contributed by atoms with van der Waals surface area (Å²) >= 11 is 3.35. The van der Waals surface area contributed by atoms with Crippen LogP contribution in [0, 0.1) is 0 Å². The van der Waals surface area contributed by atoms with Crippen molar-refractivity contribution in [3.05, 3.63) is 28.2 Å². The zero-order valence-electron chi connectivity index (χ0n) is 9.19. The van der Waals surface area contributed by atoms with Crippen molar-refractivity contribution in [2.24, 2.45) is 11.5 Å². The zero-order valence-corrected chi connectivity index (χ0v) is 10.8. The van der Waals surface area contributed by atoms with Gasteiger partial charge in [-0.1, -0.05) is 15.9 Å². The SMILES string of the molecule is COc1ccc(Br)cc1C(O)C(N)CCN. The van der Waals surface area contributed by atoms with Crippen LogP contribution in [0.15, 0.2) is 22.7 Å². The van der Waals surface area contributed by atoms with Crippen molar-refractivity contribution in [2.45, 2.75) is 18.6 Å². The van der Waals surface area contributed by atoms with Gasteiger partial charge in [-0.2, -0.15) is 0 Å². The minimum Gasteiger partial charge on any atom is -0.496 e. The van der Waals surface area contributed by atoms with E-state index in [0.717, 1.165) is 4.47 Å². The van der Waals surface area contributed by atoms with Gasteiger partial charge in [0.1, 0.15) is 5.75 Å². The molecule has 0 aliphatic carbocycles. The third kappa shape index (κ3) is 3.18. The Labute approximate surface area is 104 Å². The van der Waals surface area contributed by atoms with Crippen molar-refractivity contribution in [3.63, 3.8) is 0 Å². The monoisotopic (exact) mass is 288 g/mol. The highest BCUT2D eigenvalue weighted by Crippen LogP contribution is 2.30. The molecule has 5 N–H and O–H groups in total. The smallest absolute Gasteiger partial charge is 0.124 e. The van der Waals surface area contributed by atoms with Crippen LogP contribution < -0.4 is 16.2 Å². The van der Waals surface area contributed by atoms with Gasteiger partial charge in [0.15, 0.2) is 0 Å². The van der Waals surface area contributed by atoms with E-state index >= 15 is 0 Å². The third-order valence-electron chi connectivity index (χ3n) is 2.42. The molecule has 1 rings (SSSR count). The molecular formula is C11H17BrN2O2. The summed E-state index contributed by atoms with van der Waals surface area (Å²) in [6, 6.07) is 5.06. The molecule has 0 aliphatic heterocycles. The Kier molecular flexibility index (Phi) is 5.21. The van der Waals surface area contributed by atoms with Crippen LogP contribution in [0.4, 0.5) is 0 Å². The van der Waals surface area contributed by atoms with Crippen molar-refractivity contribution in [3.8, 4) is 5.75 Å². The van der Waals surface area contributed by atoms with E-state index < -0.39 is 6.10 Å². The summed E-state index contributed by atoms with van der Waals surface area (Å²) in [6.07, 6.45) is -0.201. The van der Waals surface area contributed by atoms with Crippen LogP contribution in [0.25, 0.3) is 0 Å². The quantitative estimate of drug-likeness (QED) is 0.760. The van der Waals surface area contributed by atoms with E-state index in [0.29, 0.717) is 24.3 Å². The summed E-state index contributed by atoms with van der Waals surface area (Å²) in [7, 11) is 1.56. The molecule has 0 aromatic heterocycles. The zero-order chi connectivity index (χ0) is 12.1. The van der Waals surface area contributed by atoms with E-state index in [-0.39, 0.29) is 6.04 Å². The summed E-state index contributed by atoms with van der Waals surface area (Å²) in [4.78, 5) is 0. The van der Waals surface area contributed by atoms with Crippen molar-refractivity contribution >= 4 is 15.9 Å². The average Bonchev–Trinajstić information content (AvgIpc) is 2.28. The number of benzene rings is 1. The maximum absolute atomic E-state index is 10.1. The number of ether oxygens (including phenoxy) is 1. The number of halogens is 1. The summed E-state index contributed by atoms with van der Waals surface area (Å²) in [6.45, 7) is 0.453. The van der Waals surface area contributed by atoms with Crippen LogP contribution in [0.1, 0.15) is 18.1 Å². The second kappa shape index (κ2) is 6.20. The highest BCUT2D eigenvalue weighted by molar-refractivity contribution is 9.10. The minimum absolute atomic E-state index is 0.381. The fraction of sp³-hybridized carbons (Fsp3) is 0.455. The molecule has 2 atom stereocenters. The second-order valence-electron chi connectivity index (χ2n) is 3.57. The maximum atomic E-state index is 10.1. The highest BCUT2D eigenvalue weighted by atomic mass is 79.9. The summed E-state index contributed by atoms with van der Waals surface area (Å²) in [5.74, 6) is 0.628. The topological polar surface area (TPSA) is 81.5 Å². The van der Waals surface area contributed by atoms with E-state index in [1.807, 2.05) is 6.07 Å². The lowest BCUT2D eigenvalue weighted by Crippen LogP contribution is -2.31. The van der Waals surface area contributed by atoms with Gasteiger partial charge in [-0.15, -0.1) is 0 Å². The molecule has 0 heterocycles. The number of methoxy groups -OCH3 is 1. The van der Waals surface area contributed by atoms with Crippen molar-refractivity contribution in [1.82, 2.24) is 0 Å². The molecule has 1 aromatic rings. The van der Waals surface area contributed by atoms with E-state index in [1.54, 1.807) is 19.2 Å². The Morgan fingerprint density at radius 1 is 1.50 bits per heavy atom. The van der Waals surface area contributed by atoms with E-state index in [1.165, 1.54) is 0 Å². The molecule has 0 radical (unpaired) electrons. The predicted octanol–water partition coefficient (Wildman–Crippen LogP) is 1.17. The van der Waals surface area contributed by atoms with Crippen LogP contribution in [-0.2, 0) is 0 Å². The van der Waals surface area contributed by atoms with Gasteiger partial charge in [-0.3, -0.25) is 0 Å². The van der Waals surface area contributed by atoms with Crippen LogP contribution in [0.3, 0.4) is 0 Å². The first-order valence-corrected chi connectivity index (χ1v) is 5.86. The highest BCUT2D eigenvalue weighted by Gasteiger charge is 2.20. The molecule has 16 heavy (non-hydrogen) atoms. The number of hydrogen-bond donors (Lipinski definition) is 3. The number of aliphatic hydroxyl groups is 1. The summed E-state index contributed by atoms with van der Waals surface area (Å²) in [5.41, 5.74) is 11.9.